The van der Waals surface area contributed by atoms with E-state index >= 15 is 0 Å². The van der Waals surface area contributed by atoms with E-state index in [4.69, 9.17) is 9.73 Å². The SMILES string of the molecule is CC1(C)N=C(c2ccccc2)S[C@@]12O[C@@H]1CCCC[C@H]1S2. The molecule has 1 aromatic rings. The molecule has 3 aliphatic rings. The van der Waals surface area contributed by atoms with Gasteiger partial charge in [0, 0.05) is 10.8 Å². The lowest BCUT2D eigenvalue weighted by Crippen LogP contribution is -2.40. The number of rotatable bonds is 1. The molecular weight excluding hydrogens is 298 g/mol. The quantitative estimate of drug-likeness (QED) is 0.749. The van der Waals surface area contributed by atoms with E-state index in [1.165, 1.54) is 31.2 Å². The molecule has 1 aromatic carbocycles. The predicted molar refractivity (Wildman–Crippen MR) is 92.1 cm³/mol. The van der Waals surface area contributed by atoms with E-state index in [0.717, 1.165) is 5.04 Å². The van der Waals surface area contributed by atoms with Crippen LogP contribution in [0.2, 0.25) is 0 Å². The smallest absolute Gasteiger partial charge is 0.191 e. The second-order valence-corrected chi connectivity index (χ2v) is 9.44. The number of nitrogens with zero attached hydrogens (tertiary/aromatic N) is 1. The highest BCUT2D eigenvalue weighted by molar-refractivity contribution is 8.26. The summed E-state index contributed by atoms with van der Waals surface area (Å²) in [7, 11) is 0. The van der Waals surface area contributed by atoms with Crippen LogP contribution >= 0.6 is 23.5 Å². The van der Waals surface area contributed by atoms with Crippen LogP contribution in [0.25, 0.3) is 0 Å². The first kappa shape index (κ1) is 14.2. The van der Waals surface area contributed by atoms with Gasteiger partial charge in [-0.3, -0.25) is 4.99 Å². The fourth-order valence-corrected chi connectivity index (χ4v) is 6.99. The predicted octanol–water partition coefficient (Wildman–Crippen LogP) is 4.69. The molecule has 112 valence electrons. The zero-order valence-electron chi connectivity index (χ0n) is 12.5. The number of ether oxygens (including phenoxy) is 1. The van der Waals surface area contributed by atoms with Crippen molar-refractivity contribution in [1.29, 1.82) is 0 Å². The Morgan fingerprint density at radius 3 is 2.67 bits per heavy atom. The van der Waals surface area contributed by atoms with Crippen molar-refractivity contribution >= 4 is 28.6 Å². The molecule has 2 aliphatic heterocycles. The lowest BCUT2D eigenvalue weighted by atomic mass is 9.97. The first-order chi connectivity index (χ1) is 10.1. The summed E-state index contributed by atoms with van der Waals surface area (Å²) in [6.07, 6.45) is 5.62. The highest BCUT2D eigenvalue weighted by Crippen LogP contribution is 2.62. The number of thioether (sulfide) groups is 2. The van der Waals surface area contributed by atoms with Crippen LogP contribution in [0.3, 0.4) is 0 Å². The minimum atomic E-state index is -0.224. The van der Waals surface area contributed by atoms with E-state index in [-0.39, 0.29) is 9.80 Å². The summed E-state index contributed by atoms with van der Waals surface area (Å²) in [4.78, 5) is 5.02. The van der Waals surface area contributed by atoms with Crippen LogP contribution in [0.5, 0.6) is 0 Å². The van der Waals surface area contributed by atoms with Gasteiger partial charge in [-0.15, -0.1) is 11.8 Å². The third-order valence-electron chi connectivity index (χ3n) is 4.64. The minimum Gasteiger partial charge on any atom is -0.348 e. The van der Waals surface area contributed by atoms with Gasteiger partial charge in [0.15, 0.2) is 4.27 Å². The Balaban J connectivity index is 1.64. The van der Waals surface area contributed by atoms with Gasteiger partial charge in [0.2, 0.25) is 0 Å². The summed E-state index contributed by atoms with van der Waals surface area (Å²) in [5, 5.41) is 1.79. The summed E-state index contributed by atoms with van der Waals surface area (Å²) >= 11 is 3.87. The molecule has 21 heavy (non-hydrogen) atoms. The number of aliphatic imine (C=N–C) groups is 1. The van der Waals surface area contributed by atoms with Gasteiger partial charge >= 0.3 is 0 Å². The maximum atomic E-state index is 6.59. The van der Waals surface area contributed by atoms with E-state index in [1.807, 2.05) is 23.5 Å². The molecule has 2 nitrogen and oxygen atoms in total. The largest absolute Gasteiger partial charge is 0.348 e. The van der Waals surface area contributed by atoms with Crippen LogP contribution in [-0.2, 0) is 4.74 Å². The number of hydrogen-bond donors (Lipinski definition) is 0. The van der Waals surface area contributed by atoms with Gasteiger partial charge in [0.05, 0.1) is 6.10 Å². The van der Waals surface area contributed by atoms with Crippen molar-refractivity contribution in [3.8, 4) is 0 Å². The molecule has 0 N–H and O–H groups in total. The average Bonchev–Trinajstić information content (AvgIpc) is 2.98. The van der Waals surface area contributed by atoms with Gasteiger partial charge in [0.1, 0.15) is 10.6 Å². The van der Waals surface area contributed by atoms with Crippen LogP contribution in [0.4, 0.5) is 0 Å². The zero-order valence-corrected chi connectivity index (χ0v) is 14.2. The summed E-state index contributed by atoms with van der Waals surface area (Å²) in [5.74, 6) is 0. The lowest BCUT2D eigenvalue weighted by molar-refractivity contribution is -0.00575. The van der Waals surface area contributed by atoms with Gasteiger partial charge in [0.25, 0.3) is 0 Å². The highest BCUT2D eigenvalue weighted by atomic mass is 32.2. The van der Waals surface area contributed by atoms with Crippen molar-refractivity contribution in [2.75, 3.05) is 0 Å². The fourth-order valence-electron chi connectivity index (χ4n) is 3.40. The minimum absolute atomic E-state index is 0.176. The lowest BCUT2D eigenvalue weighted by Gasteiger charge is -2.33. The molecule has 2 fully saturated rings. The molecule has 0 radical (unpaired) electrons. The zero-order chi connectivity index (χ0) is 14.5. The number of fused-ring (bicyclic) bond motifs is 1. The summed E-state index contributed by atoms with van der Waals surface area (Å²) in [5.41, 5.74) is 1.04. The first-order valence-electron chi connectivity index (χ1n) is 7.80. The van der Waals surface area contributed by atoms with E-state index in [2.05, 4.69) is 44.2 Å². The van der Waals surface area contributed by atoms with E-state index < -0.39 is 0 Å². The second-order valence-electron chi connectivity index (χ2n) is 6.60. The van der Waals surface area contributed by atoms with Gasteiger partial charge in [-0.05, 0) is 26.7 Å². The van der Waals surface area contributed by atoms with Gasteiger partial charge in [-0.2, -0.15) is 0 Å². The molecule has 3 atom stereocenters. The van der Waals surface area contributed by atoms with E-state index in [1.54, 1.807) is 0 Å². The molecule has 4 heteroatoms. The Morgan fingerprint density at radius 1 is 1.14 bits per heavy atom. The Labute approximate surface area is 135 Å². The third-order valence-corrected chi connectivity index (χ3v) is 8.31. The topological polar surface area (TPSA) is 21.6 Å². The molecule has 0 bridgehead atoms. The standard InChI is InChI=1S/C17H21NOS2/c1-16(2)17(19-13-10-6-7-11-14(13)20-17)21-15(18-16)12-8-4-3-5-9-12/h3-5,8-9,13-14H,6-7,10-11H2,1-2H3/t13-,14-,17-/m1/s1. The Kier molecular flexibility index (Phi) is 3.40. The van der Waals surface area contributed by atoms with Crippen LogP contribution in [0, 0.1) is 0 Å². The van der Waals surface area contributed by atoms with E-state index in [0.29, 0.717) is 11.4 Å². The molecule has 4 rings (SSSR count). The molecule has 2 heterocycles. The molecular formula is C17H21NOS2. The summed E-state index contributed by atoms with van der Waals surface area (Å²) < 4.78 is 6.37. The molecule has 1 aliphatic carbocycles. The van der Waals surface area contributed by atoms with Crippen LogP contribution in [0.15, 0.2) is 35.3 Å². The Hall–Kier alpha value is -0.450. The summed E-state index contributed by atoms with van der Waals surface area (Å²) in [6, 6.07) is 10.5. The molecule has 0 amide bonds. The van der Waals surface area contributed by atoms with Crippen LogP contribution < -0.4 is 0 Å². The monoisotopic (exact) mass is 319 g/mol. The number of benzene rings is 1. The molecule has 1 saturated carbocycles. The van der Waals surface area contributed by atoms with Crippen molar-refractivity contribution in [2.24, 2.45) is 4.99 Å². The average molecular weight is 319 g/mol. The van der Waals surface area contributed by atoms with Crippen molar-refractivity contribution < 1.29 is 4.74 Å². The van der Waals surface area contributed by atoms with Crippen molar-refractivity contribution in [3.63, 3.8) is 0 Å². The normalized spacial score (nSPS) is 37.5. The van der Waals surface area contributed by atoms with Crippen LogP contribution in [-0.4, -0.2) is 26.2 Å². The third kappa shape index (κ3) is 2.27. The first-order valence-corrected chi connectivity index (χ1v) is 9.49. The molecule has 0 aromatic heterocycles. The maximum absolute atomic E-state index is 6.59. The van der Waals surface area contributed by atoms with Crippen molar-refractivity contribution in [2.45, 2.75) is 60.7 Å². The van der Waals surface area contributed by atoms with Crippen LogP contribution in [0.1, 0.15) is 45.1 Å². The second kappa shape index (κ2) is 5.04. The van der Waals surface area contributed by atoms with Gasteiger partial charge < -0.3 is 4.74 Å². The van der Waals surface area contributed by atoms with Crippen molar-refractivity contribution in [1.82, 2.24) is 0 Å². The molecule has 0 unspecified atom stereocenters. The molecule has 1 saturated heterocycles. The Morgan fingerprint density at radius 2 is 1.90 bits per heavy atom. The fraction of sp³-hybridized carbons (Fsp3) is 0.588. The van der Waals surface area contributed by atoms with E-state index in [9.17, 15) is 0 Å². The van der Waals surface area contributed by atoms with Gasteiger partial charge in [-0.25, -0.2) is 0 Å². The Bertz CT molecular complexity index is 555. The molecule has 1 spiro atoms. The maximum Gasteiger partial charge on any atom is 0.191 e. The van der Waals surface area contributed by atoms with Crippen molar-refractivity contribution in [3.05, 3.63) is 35.9 Å². The van der Waals surface area contributed by atoms with Gasteiger partial charge in [-0.1, -0.05) is 54.9 Å². The summed E-state index contributed by atoms with van der Waals surface area (Å²) in [6.45, 7) is 4.44. The highest BCUT2D eigenvalue weighted by Gasteiger charge is 2.60. The number of hydrogen-bond acceptors (Lipinski definition) is 4.